The molecule has 2 amide bonds. The van der Waals surface area contributed by atoms with Gasteiger partial charge in [-0.2, -0.15) is 0 Å². The third-order valence-electron chi connectivity index (χ3n) is 4.31. The van der Waals surface area contributed by atoms with Crippen LogP contribution in [0.4, 0.5) is 9.59 Å². The van der Waals surface area contributed by atoms with E-state index in [0.717, 1.165) is 30.4 Å². The maximum atomic E-state index is 11.9. The summed E-state index contributed by atoms with van der Waals surface area (Å²) in [5.41, 5.74) is 12.6. The minimum atomic E-state index is -0.543. The summed E-state index contributed by atoms with van der Waals surface area (Å²) in [6, 6.07) is 0. The molecule has 0 fully saturated rings. The lowest BCUT2D eigenvalue weighted by molar-refractivity contribution is 0.0786. The van der Waals surface area contributed by atoms with Crippen LogP contribution in [0.15, 0.2) is 35.5 Å². The summed E-state index contributed by atoms with van der Waals surface area (Å²) in [4.78, 5) is 23.7. The molecule has 2 rings (SSSR count). The molecule has 0 aromatic rings. The average Bonchev–Trinajstić information content (AvgIpc) is 2.57. The van der Waals surface area contributed by atoms with E-state index in [4.69, 9.17) is 20.9 Å². The van der Waals surface area contributed by atoms with Crippen LogP contribution in [0.1, 0.15) is 38.5 Å². The summed E-state index contributed by atoms with van der Waals surface area (Å²) in [6.07, 6.45) is 11.0. The summed E-state index contributed by atoms with van der Waals surface area (Å²) < 4.78 is 11.1. The van der Waals surface area contributed by atoms with E-state index in [2.05, 4.69) is 22.8 Å². The van der Waals surface area contributed by atoms with Gasteiger partial charge in [0.05, 0.1) is 13.3 Å². The molecule has 2 aliphatic rings. The van der Waals surface area contributed by atoms with Crippen molar-refractivity contribution >= 4 is 12.2 Å². The first-order chi connectivity index (χ1) is 12.6. The first-order valence-corrected chi connectivity index (χ1v) is 8.99. The third kappa shape index (κ3) is 6.20. The van der Waals surface area contributed by atoms with Gasteiger partial charge in [0.15, 0.2) is 0 Å². The standard InChI is InChI=1S/C18H28N4O4/c19-11-21-17(23)25-14-8-5-4-7-13-6-2-1-3-9-16(15(13)10-14)26-18(24)22-12-20/h2,4,6-7,14,16H,1,3,5,8-12,19-20H2,(H,21,23)(H,22,24)/b6-2?,7-4+,15-13+. The molecule has 6 N–H and O–H groups in total. The number of nitrogens with two attached hydrogens (primary N) is 2. The molecule has 0 bridgehead atoms. The van der Waals surface area contributed by atoms with Crippen molar-refractivity contribution in [3.63, 3.8) is 0 Å². The topological polar surface area (TPSA) is 129 Å². The lowest BCUT2D eigenvalue weighted by Gasteiger charge is -2.28. The largest absolute Gasteiger partial charge is 0.446 e. The number of hydrogen-bond acceptors (Lipinski definition) is 6. The van der Waals surface area contributed by atoms with Gasteiger partial charge in [-0.3, -0.25) is 0 Å². The molecule has 8 heteroatoms. The summed E-state index contributed by atoms with van der Waals surface area (Å²) in [5.74, 6) is 0. The van der Waals surface area contributed by atoms with Crippen molar-refractivity contribution in [1.82, 2.24) is 10.6 Å². The molecule has 0 aliphatic heterocycles. The minimum Gasteiger partial charge on any atom is -0.446 e. The van der Waals surface area contributed by atoms with Crippen LogP contribution < -0.4 is 22.1 Å². The van der Waals surface area contributed by atoms with Gasteiger partial charge in [-0.1, -0.05) is 24.3 Å². The lowest BCUT2D eigenvalue weighted by Crippen LogP contribution is -2.36. The van der Waals surface area contributed by atoms with Crippen LogP contribution in [0.5, 0.6) is 0 Å². The molecule has 26 heavy (non-hydrogen) atoms. The van der Waals surface area contributed by atoms with Crippen molar-refractivity contribution in [2.45, 2.75) is 50.7 Å². The molecule has 0 aromatic heterocycles. The molecule has 0 saturated carbocycles. The Balaban J connectivity index is 2.23. The zero-order valence-corrected chi connectivity index (χ0v) is 14.9. The molecule has 0 spiro atoms. The van der Waals surface area contributed by atoms with E-state index in [0.29, 0.717) is 19.3 Å². The fraction of sp³-hybridized carbons (Fsp3) is 0.556. The van der Waals surface area contributed by atoms with Crippen molar-refractivity contribution in [2.75, 3.05) is 13.3 Å². The van der Waals surface area contributed by atoms with E-state index < -0.39 is 12.2 Å². The minimum absolute atomic E-state index is 0.0161. The van der Waals surface area contributed by atoms with E-state index >= 15 is 0 Å². The summed E-state index contributed by atoms with van der Waals surface area (Å²) in [7, 11) is 0. The Kier molecular flexibility index (Phi) is 8.17. The number of carbonyl (C=O) groups excluding carboxylic acids is 2. The maximum Gasteiger partial charge on any atom is 0.408 e. The first-order valence-electron chi connectivity index (χ1n) is 8.99. The number of alkyl carbamates (subject to hydrolysis) is 2. The zero-order chi connectivity index (χ0) is 18.8. The predicted octanol–water partition coefficient (Wildman–Crippen LogP) is 1.79. The van der Waals surface area contributed by atoms with Gasteiger partial charge in [0.2, 0.25) is 0 Å². The zero-order valence-electron chi connectivity index (χ0n) is 14.9. The number of nitrogens with one attached hydrogen (secondary N) is 2. The van der Waals surface area contributed by atoms with E-state index in [9.17, 15) is 9.59 Å². The van der Waals surface area contributed by atoms with Crippen molar-refractivity contribution in [3.8, 4) is 0 Å². The monoisotopic (exact) mass is 364 g/mol. The van der Waals surface area contributed by atoms with Crippen LogP contribution >= 0.6 is 0 Å². The Hall–Kier alpha value is -2.32. The summed E-state index contributed by atoms with van der Waals surface area (Å²) >= 11 is 0. The van der Waals surface area contributed by atoms with Crippen molar-refractivity contribution in [1.29, 1.82) is 0 Å². The molecular weight excluding hydrogens is 336 g/mol. The highest BCUT2D eigenvalue weighted by Crippen LogP contribution is 2.30. The second-order valence-corrected chi connectivity index (χ2v) is 6.18. The maximum absolute atomic E-state index is 11.9. The average molecular weight is 364 g/mol. The molecule has 144 valence electrons. The molecule has 0 aromatic carbocycles. The highest BCUT2D eigenvalue weighted by Gasteiger charge is 2.27. The molecule has 8 nitrogen and oxygen atoms in total. The Morgan fingerprint density at radius 1 is 1.00 bits per heavy atom. The Morgan fingerprint density at radius 3 is 2.35 bits per heavy atom. The smallest absolute Gasteiger partial charge is 0.408 e. The van der Waals surface area contributed by atoms with Gasteiger partial charge >= 0.3 is 12.2 Å². The SMILES string of the molecule is NCNC(=O)OC1CC/C=C/C2=C(\C1)C(OC(=O)NCN)CCCC=C2. The lowest BCUT2D eigenvalue weighted by atomic mass is 9.88. The number of rotatable bonds is 4. The molecule has 2 unspecified atom stereocenters. The van der Waals surface area contributed by atoms with Crippen LogP contribution in [0, 0.1) is 0 Å². The van der Waals surface area contributed by atoms with Gasteiger partial charge in [0.1, 0.15) is 12.2 Å². The van der Waals surface area contributed by atoms with Gasteiger partial charge < -0.3 is 31.6 Å². The van der Waals surface area contributed by atoms with Crippen molar-refractivity contribution in [3.05, 3.63) is 35.5 Å². The van der Waals surface area contributed by atoms with Gasteiger partial charge in [-0.15, -0.1) is 0 Å². The van der Waals surface area contributed by atoms with Crippen LogP contribution in [0.3, 0.4) is 0 Å². The second-order valence-electron chi connectivity index (χ2n) is 6.18. The predicted molar refractivity (Wildman–Crippen MR) is 97.9 cm³/mol. The number of carbonyl (C=O) groups is 2. The second kappa shape index (κ2) is 10.6. The first kappa shape index (κ1) is 20.0. The number of amides is 2. The highest BCUT2D eigenvalue weighted by atomic mass is 16.6. The van der Waals surface area contributed by atoms with Crippen LogP contribution in [-0.4, -0.2) is 37.7 Å². The van der Waals surface area contributed by atoms with E-state index in [-0.39, 0.29) is 25.5 Å². The normalized spacial score (nSPS) is 27.0. The quantitative estimate of drug-likeness (QED) is 0.563. The Bertz CT molecular complexity index is 582. The molecule has 0 heterocycles. The van der Waals surface area contributed by atoms with Gasteiger partial charge in [0.25, 0.3) is 0 Å². The van der Waals surface area contributed by atoms with Crippen molar-refractivity contribution in [2.24, 2.45) is 11.5 Å². The van der Waals surface area contributed by atoms with Gasteiger partial charge in [-0.25, -0.2) is 9.59 Å². The summed E-state index contributed by atoms with van der Waals surface area (Å²) in [5, 5.41) is 4.90. The fourth-order valence-corrected chi connectivity index (χ4v) is 3.11. The third-order valence-corrected chi connectivity index (χ3v) is 4.31. The highest BCUT2D eigenvalue weighted by molar-refractivity contribution is 5.68. The molecule has 0 saturated heterocycles. The fourth-order valence-electron chi connectivity index (χ4n) is 3.11. The molecule has 0 radical (unpaired) electrons. The van der Waals surface area contributed by atoms with E-state index in [1.807, 2.05) is 12.2 Å². The molecule has 2 atom stereocenters. The molecule has 2 aliphatic carbocycles. The Morgan fingerprint density at radius 2 is 1.65 bits per heavy atom. The van der Waals surface area contributed by atoms with Gasteiger partial charge in [0, 0.05) is 6.42 Å². The number of hydrogen-bond donors (Lipinski definition) is 4. The van der Waals surface area contributed by atoms with Gasteiger partial charge in [-0.05, 0) is 43.3 Å². The van der Waals surface area contributed by atoms with Crippen LogP contribution in [0.2, 0.25) is 0 Å². The van der Waals surface area contributed by atoms with Crippen molar-refractivity contribution < 1.29 is 19.1 Å². The van der Waals surface area contributed by atoms with E-state index in [1.54, 1.807) is 0 Å². The number of allylic oxidation sites excluding steroid dienone is 5. The summed E-state index contributed by atoms with van der Waals surface area (Å²) in [6.45, 7) is 0.0371. The van der Waals surface area contributed by atoms with E-state index in [1.165, 1.54) is 0 Å². The van der Waals surface area contributed by atoms with Crippen LogP contribution in [-0.2, 0) is 9.47 Å². The van der Waals surface area contributed by atoms with Crippen LogP contribution in [0.25, 0.3) is 0 Å². The molecular formula is C18H28N4O4. The Labute approximate surface area is 153 Å². The number of ether oxygens (including phenoxy) is 2.